The number of nitrogens with zero attached hydrogens (tertiary/aromatic N) is 5. The molecule has 2 aromatic rings. The minimum atomic E-state index is 0.599. The summed E-state index contributed by atoms with van der Waals surface area (Å²) in [7, 11) is 0. The number of aromatic nitrogens is 4. The van der Waals surface area contributed by atoms with Gasteiger partial charge >= 0.3 is 0 Å². The maximum absolute atomic E-state index is 6.03. The fourth-order valence-electron chi connectivity index (χ4n) is 3.01. The van der Waals surface area contributed by atoms with Gasteiger partial charge in [0, 0.05) is 37.7 Å². The molecule has 1 aliphatic heterocycles. The summed E-state index contributed by atoms with van der Waals surface area (Å²) in [6.07, 6.45) is 12.2. The third-order valence-corrected chi connectivity index (χ3v) is 4.27. The first-order chi connectivity index (χ1) is 10.3. The van der Waals surface area contributed by atoms with Gasteiger partial charge in [-0.3, -0.25) is 14.6 Å². The number of hydrogen-bond acceptors (Lipinski definition) is 4. The van der Waals surface area contributed by atoms with Crippen LogP contribution in [0.1, 0.15) is 31.2 Å². The number of aryl methyl sites for hydroxylation is 1. The molecule has 112 valence electrons. The van der Waals surface area contributed by atoms with Crippen LogP contribution in [0.3, 0.4) is 0 Å². The highest BCUT2D eigenvalue weighted by Crippen LogP contribution is 2.23. The highest BCUT2D eigenvalue weighted by molar-refractivity contribution is 6.30. The molecule has 2 aromatic heterocycles. The maximum atomic E-state index is 6.03. The first kappa shape index (κ1) is 14.5. The minimum Gasteiger partial charge on any atom is -0.296 e. The molecule has 3 rings (SSSR count). The van der Waals surface area contributed by atoms with Crippen LogP contribution in [-0.2, 0) is 13.1 Å². The molecule has 1 aliphatic rings. The molecular formula is C15H20ClN5. The molecule has 0 aliphatic carbocycles. The van der Waals surface area contributed by atoms with E-state index in [1.807, 2.05) is 23.1 Å². The molecule has 5 nitrogen and oxygen atoms in total. The van der Waals surface area contributed by atoms with Gasteiger partial charge in [0.05, 0.1) is 11.2 Å². The number of piperidine rings is 1. The fraction of sp³-hybridized carbons (Fsp3) is 0.533. The summed E-state index contributed by atoms with van der Waals surface area (Å²) in [5.41, 5.74) is 1.19. The van der Waals surface area contributed by atoms with Crippen LogP contribution < -0.4 is 0 Å². The number of rotatable bonds is 5. The molecule has 0 saturated carbocycles. The lowest BCUT2D eigenvalue weighted by Gasteiger charge is -2.35. The van der Waals surface area contributed by atoms with E-state index in [9.17, 15) is 0 Å². The van der Waals surface area contributed by atoms with Crippen molar-refractivity contribution in [3.8, 4) is 0 Å². The van der Waals surface area contributed by atoms with Gasteiger partial charge in [-0.05, 0) is 37.4 Å². The molecular weight excluding hydrogens is 286 g/mol. The van der Waals surface area contributed by atoms with Crippen LogP contribution in [0.4, 0.5) is 0 Å². The van der Waals surface area contributed by atoms with Gasteiger partial charge in [-0.2, -0.15) is 0 Å². The molecule has 0 spiro atoms. The SMILES string of the molecule is Clc1cncc(CN2CCCCC2CCn2ccnn2)c1. The number of halogens is 1. The Hall–Kier alpha value is -1.46. The lowest BCUT2D eigenvalue weighted by molar-refractivity contribution is 0.127. The van der Waals surface area contributed by atoms with Gasteiger partial charge in [0.25, 0.3) is 0 Å². The molecule has 0 amide bonds. The smallest absolute Gasteiger partial charge is 0.0692 e. The van der Waals surface area contributed by atoms with Crippen LogP contribution in [0.2, 0.25) is 5.02 Å². The molecule has 0 radical (unpaired) electrons. The van der Waals surface area contributed by atoms with E-state index in [4.69, 9.17) is 11.6 Å². The van der Waals surface area contributed by atoms with E-state index in [1.54, 1.807) is 12.4 Å². The van der Waals surface area contributed by atoms with Crippen LogP contribution in [0, 0.1) is 0 Å². The Balaban J connectivity index is 1.61. The van der Waals surface area contributed by atoms with Gasteiger partial charge in [-0.25, -0.2) is 0 Å². The zero-order valence-corrected chi connectivity index (χ0v) is 12.8. The highest BCUT2D eigenvalue weighted by Gasteiger charge is 2.22. The average Bonchev–Trinajstić information content (AvgIpc) is 3.00. The van der Waals surface area contributed by atoms with Crippen molar-refractivity contribution in [2.75, 3.05) is 6.54 Å². The van der Waals surface area contributed by atoms with E-state index in [-0.39, 0.29) is 0 Å². The molecule has 21 heavy (non-hydrogen) atoms. The van der Waals surface area contributed by atoms with Gasteiger partial charge in [-0.1, -0.05) is 23.2 Å². The lowest BCUT2D eigenvalue weighted by atomic mass is 9.98. The van der Waals surface area contributed by atoms with Crippen LogP contribution in [0.25, 0.3) is 0 Å². The second-order valence-corrected chi connectivity index (χ2v) is 6.02. The predicted octanol–water partition coefficient (Wildman–Crippen LogP) is 2.77. The third-order valence-electron chi connectivity index (χ3n) is 4.06. The topological polar surface area (TPSA) is 46.8 Å². The van der Waals surface area contributed by atoms with Crippen molar-refractivity contribution in [2.45, 2.75) is 44.8 Å². The molecule has 1 fully saturated rings. The quantitative estimate of drug-likeness (QED) is 0.852. The molecule has 0 bridgehead atoms. The van der Waals surface area contributed by atoms with Crippen molar-refractivity contribution >= 4 is 11.6 Å². The highest BCUT2D eigenvalue weighted by atomic mass is 35.5. The minimum absolute atomic E-state index is 0.599. The van der Waals surface area contributed by atoms with Gasteiger partial charge < -0.3 is 0 Å². The van der Waals surface area contributed by atoms with E-state index >= 15 is 0 Å². The van der Waals surface area contributed by atoms with Gasteiger partial charge in [-0.15, -0.1) is 5.10 Å². The molecule has 1 saturated heterocycles. The van der Waals surface area contributed by atoms with Crippen LogP contribution >= 0.6 is 11.6 Å². The summed E-state index contributed by atoms with van der Waals surface area (Å²) in [5, 5.41) is 8.61. The summed E-state index contributed by atoms with van der Waals surface area (Å²) in [5.74, 6) is 0. The standard InChI is InChI=1S/C15H20ClN5/c16-14-9-13(10-17-11-14)12-20-6-2-1-3-15(20)4-7-21-8-5-18-19-21/h5,8-11,15H,1-4,6-7,12H2. The zero-order valence-electron chi connectivity index (χ0n) is 12.0. The first-order valence-corrected chi connectivity index (χ1v) is 7.86. The monoisotopic (exact) mass is 305 g/mol. The van der Waals surface area contributed by atoms with Crippen molar-refractivity contribution in [3.63, 3.8) is 0 Å². The van der Waals surface area contributed by atoms with Crippen molar-refractivity contribution in [1.29, 1.82) is 0 Å². The fourth-order valence-corrected chi connectivity index (χ4v) is 3.20. The zero-order chi connectivity index (χ0) is 14.5. The van der Waals surface area contributed by atoms with Crippen molar-refractivity contribution in [2.24, 2.45) is 0 Å². The van der Waals surface area contributed by atoms with Gasteiger partial charge in [0.1, 0.15) is 0 Å². The number of likely N-dealkylation sites (tertiary alicyclic amines) is 1. The summed E-state index contributed by atoms with van der Waals surface area (Å²) in [6, 6.07) is 2.61. The Labute approximate surface area is 129 Å². The first-order valence-electron chi connectivity index (χ1n) is 7.49. The number of pyridine rings is 1. The predicted molar refractivity (Wildman–Crippen MR) is 81.9 cm³/mol. The lowest BCUT2D eigenvalue weighted by Crippen LogP contribution is -2.39. The van der Waals surface area contributed by atoms with E-state index in [1.165, 1.54) is 24.8 Å². The van der Waals surface area contributed by atoms with E-state index < -0.39 is 0 Å². The Morgan fingerprint density at radius 2 is 2.24 bits per heavy atom. The van der Waals surface area contributed by atoms with E-state index in [0.29, 0.717) is 11.1 Å². The molecule has 0 aromatic carbocycles. The third kappa shape index (κ3) is 4.02. The summed E-state index contributed by atoms with van der Waals surface area (Å²) in [6.45, 7) is 3.00. The van der Waals surface area contributed by atoms with Crippen LogP contribution in [-0.4, -0.2) is 37.5 Å². The molecule has 3 heterocycles. The molecule has 1 atom stereocenters. The van der Waals surface area contributed by atoms with Crippen LogP contribution in [0.15, 0.2) is 30.9 Å². The number of hydrogen-bond donors (Lipinski definition) is 0. The molecule has 0 N–H and O–H groups in total. The molecule has 6 heteroatoms. The van der Waals surface area contributed by atoms with Gasteiger partial charge in [0.2, 0.25) is 0 Å². The Morgan fingerprint density at radius 3 is 3.05 bits per heavy atom. The van der Waals surface area contributed by atoms with E-state index in [0.717, 1.165) is 26.1 Å². The van der Waals surface area contributed by atoms with Crippen LogP contribution in [0.5, 0.6) is 0 Å². The largest absolute Gasteiger partial charge is 0.296 e. The summed E-state index contributed by atoms with van der Waals surface area (Å²) in [4.78, 5) is 6.73. The molecule has 1 unspecified atom stereocenters. The average molecular weight is 306 g/mol. The maximum Gasteiger partial charge on any atom is 0.0692 e. The Kier molecular flexibility index (Phi) is 4.83. The summed E-state index contributed by atoms with van der Waals surface area (Å²) < 4.78 is 1.91. The normalized spacial score (nSPS) is 19.8. The van der Waals surface area contributed by atoms with Crippen molar-refractivity contribution < 1.29 is 0 Å². The Morgan fingerprint density at radius 1 is 1.29 bits per heavy atom. The van der Waals surface area contributed by atoms with E-state index in [2.05, 4.69) is 20.2 Å². The van der Waals surface area contributed by atoms with Crippen molar-refractivity contribution in [3.05, 3.63) is 41.4 Å². The summed E-state index contributed by atoms with van der Waals surface area (Å²) >= 11 is 6.03. The second kappa shape index (κ2) is 7.00. The Bertz CT molecular complexity index is 557. The second-order valence-electron chi connectivity index (χ2n) is 5.59. The van der Waals surface area contributed by atoms with Crippen molar-refractivity contribution in [1.82, 2.24) is 24.9 Å². The van der Waals surface area contributed by atoms with Gasteiger partial charge in [0.15, 0.2) is 0 Å².